The van der Waals surface area contributed by atoms with Gasteiger partial charge in [-0.2, -0.15) is 0 Å². The van der Waals surface area contributed by atoms with Gasteiger partial charge >= 0.3 is 0 Å². The number of ether oxygens (including phenoxy) is 1. The van der Waals surface area contributed by atoms with E-state index < -0.39 is 0 Å². The van der Waals surface area contributed by atoms with Gasteiger partial charge in [0, 0.05) is 6.54 Å². The van der Waals surface area contributed by atoms with Crippen LogP contribution in [-0.2, 0) is 4.74 Å². The second-order valence-corrected chi connectivity index (χ2v) is 4.87. The van der Waals surface area contributed by atoms with Crippen LogP contribution in [0.25, 0.3) is 0 Å². The molecule has 15 heavy (non-hydrogen) atoms. The Bertz CT molecular complexity index is 315. The summed E-state index contributed by atoms with van der Waals surface area (Å²) in [4.78, 5) is 0. The lowest BCUT2D eigenvalue weighted by molar-refractivity contribution is -0.0573. The Morgan fingerprint density at radius 1 is 1.33 bits per heavy atom. The molecule has 0 aliphatic carbocycles. The minimum atomic E-state index is -0.159. The molecule has 0 aromatic heterocycles. The summed E-state index contributed by atoms with van der Waals surface area (Å²) in [5.74, 6) is 0. The van der Waals surface area contributed by atoms with Gasteiger partial charge < -0.3 is 10.5 Å². The highest BCUT2D eigenvalue weighted by Gasteiger charge is 2.18. The van der Waals surface area contributed by atoms with Gasteiger partial charge in [-0.25, -0.2) is 0 Å². The maximum absolute atomic E-state index is 5.90. The molecular formula is C13H21NO. The van der Waals surface area contributed by atoms with Crippen LogP contribution in [0.2, 0.25) is 0 Å². The molecule has 0 spiro atoms. The van der Waals surface area contributed by atoms with Crippen LogP contribution >= 0.6 is 0 Å². The average molecular weight is 207 g/mol. The summed E-state index contributed by atoms with van der Waals surface area (Å²) >= 11 is 0. The molecule has 2 N–H and O–H groups in total. The smallest absolute Gasteiger partial charge is 0.0954 e. The molecular weight excluding hydrogens is 186 g/mol. The molecule has 1 aromatic rings. The van der Waals surface area contributed by atoms with Gasteiger partial charge in [0.05, 0.1) is 11.7 Å². The number of hydrogen-bond donors (Lipinski definition) is 1. The van der Waals surface area contributed by atoms with Gasteiger partial charge in [-0.05, 0) is 33.3 Å². The third kappa shape index (κ3) is 4.02. The van der Waals surface area contributed by atoms with Crippen molar-refractivity contribution >= 4 is 0 Å². The SMILES string of the molecule is Cc1cccc(C(CN)OC(C)(C)C)c1. The van der Waals surface area contributed by atoms with Crippen molar-refractivity contribution in [1.29, 1.82) is 0 Å². The molecule has 2 heteroatoms. The van der Waals surface area contributed by atoms with Crippen molar-refractivity contribution in [3.8, 4) is 0 Å². The quantitative estimate of drug-likeness (QED) is 0.827. The van der Waals surface area contributed by atoms with Crippen LogP contribution in [-0.4, -0.2) is 12.1 Å². The van der Waals surface area contributed by atoms with E-state index in [4.69, 9.17) is 10.5 Å². The van der Waals surface area contributed by atoms with E-state index in [-0.39, 0.29) is 11.7 Å². The maximum Gasteiger partial charge on any atom is 0.0954 e. The molecule has 1 rings (SSSR count). The minimum absolute atomic E-state index is 0.00935. The number of benzene rings is 1. The lowest BCUT2D eigenvalue weighted by Crippen LogP contribution is -2.27. The van der Waals surface area contributed by atoms with Crippen LogP contribution in [0.3, 0.4) is 0 Å². The van der Waals surface area contributed by atoms with Crippen LogP contribution < -0.4 is 5.73 Å². The summed E-state index contributed by atoms with van der Waals surface area (Å²) in [5, 5.41) is 0. The van der Waals surface area contributed by atoms with E-state index in [0.717, 1.165) is 5.56 Å². The van der Waals surface area contributed by atoms with E-state index in [2.05, 4.69) is 25.1 Å². The van der Waals surface area contributed by atoms with Gasteiger partial charge in [0.1, 0.15) is 0 Å². The summed E-state index contributed by atoms with van der Waals surface area (Å²) in [6.45, 7) is 8.73. The zero-order valence-electron chi connectivity index (χ0n) is 10.1. The minimum Gasteiger partial charge on any atom is -0.367 e. The van der Waals surface area contributed by atoms with Crippen LogP contribution in [0.4, 0.5) is 0 Å². The molecule has 84 valence electrons. The molecule has 0 saturated heterocycles. The summed E-state index contributed by atoms with van der Waals surface area (Å²) in [6, 6.07) is 8.31. The number of aryl methyl sites for hydroxylation is 1. The molecule has 0 aliphatic heterocycles. The van der Waals surface area contributed by atoms with Crippen molar-refractivity contribution in [3.63, 3.8) is 0 Å². The third-order valence-corrected chi connectivity index (χ3v) is 2.12. The molecule has 0 heterocycles. The number of rotatable bonds is 3. The fraction of sp³-hybridized carbons (Fsp3) is 0.538. The fourth-order valence-corrected chi connectivity index (χ4v) is 1.55. The van der Waals surface area contributed by atoms with Gasteiger partial charge in [0.15, 0.2) is 0 Å². The first-order valence-corrected chi connectivity index (χ1v) is 5.37. The van der Waals surface area contributed by atoms with Gasteiger partial charge in [-0.3, -0.25) is 0 Å². The molecule has 1 unspecified atom stereocenters. The Labute approximate surface area is 92.4 Å². The number of nitrogens with two attached hydrogens (primary N) is 1. The molecule has 0 aliphatic rings. The highest BCUT2D eigenvalue weighted by atomic mass is 16.5. The maximum atomic E-state index is 5.90. The summed E-state index contributed by atoms with van der Waals surface area (Å²) in [5.41, 5.74) is 7.98. The third-order valence-electron chi connectivity index (χ3n) is 2.12. The summed E-state index contributed by atoms with van der Waals surface area (Å²) in [7, 11) is 0. The zero-order valence-corrected chi connectivity index (χ0v) is 10.1. The molecule has 0 fully saturated rings. The van der Waals surface area contributed by atoms with Crippen LogP contribution in [0, 0.1) is 6.92 Å². The topological polar surface area (TPSA) is 35.2 Å². The van der Waals surface area contributed by atoms with Crippen molar-refractivity contribution in [2.75, 3.05) is 6.54 Å². The van der Waals surface area contributed by atoms with Crippen molar-refractivity contribution in [2.45, 2.75) is 39.4 Å². The van der Waals surface area contributed by atoms with Crippen LogP contribution in [0.1, 0.15) is 38.0 Å². The van der Waals surface area contributed by atoms with Gasteiger partial charge in [0.2, 0.25) is 0 Å². The fourth-order valence-electron chi connectivity index (χ4n) is 1.55. The predicted octanol–water partition coefficient (Wildman–Crippen LogP) is 2.81. The lowest BCUT2D eigenvalue weighted by atomic mass is 10.1. The van der Waals surface area contributed by atoms with E-state index in [9.17, 15) is 0 Å². The van der Waals surface area contributed by atoms with E-state index in [0.29, 0.717) is 6.54 Å². The Balaban J connectivity index is 2.83. The highest BCUT2D eigenvalue weighted by molar-refractivity contribution is 5.24. The lowest BCUT2D eigenvalue weighted by Gasteiger charge is -2.27. The monoisotopic (exact) mass is 207 g/mol. The molecule has 0 saturated carbocycles. The van der Waals surface area contributed by atoms with Crippen molar-refractivity contribution in [1.82, 2.24) is 0 Å². The highest BCUT2D eigenvalue weighted by Crippen LogP contribution is 2.23. The molecule has 1 aromatic carbocycles. The van der Waals surface area contributed by atoms with Crippen molar-refractivity contribution in [3.05, 3.63) is 35.4 Å². The van der Waals surface area contributed by atoms with Gasteiger partial charge in [0.25, 0.3) is 0 Å². The summed E-state index contributed by atoms with van der Waals surface area (Å²) in [6.07, 6.45) is -0.00935. The Kier molecular flexibility index (Phi) is 3.89. The second-order valence-electron chi connectivity index (χ2n) is 4.87. The van der Waals surface area contributed by atoms with E-state index in [1.807, 2.05) is 26.8 Å². The molecule has 0 bridgehead atoms. The molecule has 0 radical (unpaired) electrons. The van der Waals surface area contributed by atoms with Gasteiger partial charge in [-0.1, -0.05) is 29.8 Å². The number of hydrogen-bond acceptors (Lipinski definition) is 2. The largest absolute Gasteiger partial charge is 0.367 e. The van der Waals surface area contributed by atoms with Crippen molar-refractivity contribution < 1.29 is 4.74 Å². The van der Waals surface area contributed by atoms with Gasteiger partial charge in [-0.15, -0.1) is 0 Å². The Hall–Kier alpha value is -0.860. The predicted molar refractivity (Wildman–Crippen MR) is 63.8 cm³/mol. The van der Waals surface area contributed by atoms with Crippen LogP contribution in [0.5, 0.6) is 0 Å². The van der Waals surface area contributed by atoms with Crippen LogP contribution in [0.15, 0.2) is 24.3 Å². The standard InChI is InChI=1S/C13H21NO/c1-10-6-5-7-11(8-10)12(9-14)15-13(2,3)4/h5-8,12H,9,14H2,1-4H3. The van der Waals surface area contributed by atoms with E-state index >= 15 is 0 Å². The van der Waals surface area contributed by atoms with E-state index in [1.165, 1.54) is 5.56 Å². The first-order chi connectivity index (χ1) is 6.92. The van der Waals surface area contributed by atoms with E-state index in [1.54, 1.807) is 0 Å². The molecule has 2 nitrogen and oxygen atoms in total. The molecule has 1 atom stereocenters. The second kappa shape index (κ2) is 4.77. The normalized spacial score (nSPS) is 13.9. The Morgan fingerprint density at radius 2 is 2.00 bits per heavy atom. The first-order valence-electron chi connectivity index (χ1n) is 5.37. The summed E-state index contributed by atoms with van der Waals surface area (Å²) < 4.78 is 5.90. The zero-order chi connectivity index (χ0) is 11.5. The average Bonchev–Trinajstić information content (AvgIpc) is 2.13. The van der Waals surface area contributed by atoms with Crippen molar-refractivity contribution in [2.24, 2.45) is 5.73 Å². The Morgan fingerprint density at radius 3 is 2.47 bits per heavy atom. The molecule has 0 amide bonds. The first kappa shape index (κ1) is 12.2.